The molecular weight excluding hydrogens is 336 g/mol. The van der Waals surface area contributed by atoms with Crippen LogP contribution < -0.4 is 15.6 Å². The number of amides is 1. The van der Waals surface area contributed by atoms with Crippen molar-refractivity contribution in [2.75, 3.05) is 43.2 Å². The van der Waals surface area contributed by atoms with Crippen molar-refractivity contribution < 1.29 is 13.9 Å². The summed E-state index contributed by atoms with van der Waals surface area (Å²) in [6, 6.07) is 8.77. The molecule has 1 fully saturated rings. The van der Waals surface area contributed by atoms with Crippen molar-refractivity contribution >= 4 is 28.5 Å². The zero-order valence-electron chi connectivity index (χ0n) is 14.3. The van der Waals surface area contributed by atoms with Crippen molar-refractivity contribution in [3.8, 4) is 0 Å². The third kappa shape index (κ3) is 2.95. The summed E-state index contributed by atoms with van der Waals surface area (Å²) in [4.78, 5) is 34.9. The van der Waals surface area contributed by atoms with Crippen LogP contribution in [0.2, 0.25) is 0 Å². The van der Waals surface area contributed by atoms with Crippen LogP contribution in [0.5, 0.6) is 0 Å². The third-order valence-electron chi connectivity index (χ3n) is 4.44. The molecule has 0 aliphatic carbocycles. The number of morpholine rings is 1. The number of anilines is 2. The fourth-order valence-electron chi connectivity index (χ4n) is 3.00. The Balaban J connectivity index is 1.59. The number of hydrogen-bond donors (Lipinski definition) is 1. The number of ether oxygens (including phenoxy) is 1. The number of carbonyl (C=O) groups is 1. The molecule has 0 saturated carbocycles. The lowest BCUT2D eigenvalue weighted by molar-refractivity contribution is 0.0993. The maximum atomic E-state index is 12.9. The highest BCUT2D eigenvalue weighted by atomic mass is 16.5. The second-order valence-corrected chi connectivity index (χ2v) is 6.03. The number of carbonyl (C=O) groups excluding carboxylic acids is 1. The molecule has 1 aliphatic rings. The second-order valence-electron chi connectivity index (χ2n) is 6.03. The maximum Gasteiger partial charge on any atom is 0.417 e. The van der Waals surface area contributed by atoms with Crippen LogP contribution in [0.4, 0.5) is 11.5 Å². The molecule has 0 unspecified atom stereocenters. The molecule has 134 valence electrons. The maximum absolute atomic E-state index is 12.9. The Kier molecular flexibility index (Phi) is 4.18. The standard InChI is InChI=1S/C18H18N4O4/c1-21(12-5-6-15(19-11-12)22-7-9-25-10-8-22)17(23)13-3-2-4-14-16(13)26-18(24)20-14/h2-6,11H,7-10H2,1H3,(H,20,24). The van der Waals surface area contributed by atoms with Gasteiger partial charge in [-0.15, -0.1) is 0 Å². The highest BCUT2D eigenvalue weighted by Gasteiger charge is 2.20. The largest absolute Gasteiger partial charge is 0.417 e. The van der Waals surface area contributed by atoms with Gasteiger partial charge in [-0.25, -0.2) is 9.78 Å². The number of para-hydroxylation sites is 1. The predicted molar refractivity (Wildman–Crippen MR) is 96.8 cm³/mol. The van der Waals surface area contributed by atoms with Crippen molar-refractivity contribution in [1.29, 1.82) is 0 Å². The topological polar surface area (TPSA) is 91.7 Å². The van der Waals surface area contributed by atoms with Gasteiger partial charge in [-0.05, 0) is 24.3 Å². The van der Waals surface area contributed by atoms with E-state index < -0.39 is 5.76 Å². The number of H-pyrrole nitrogens is 1. The van der Waals surface area contributed by atoms with E-state index in [0.717, 1.165) is 18.9 Å². The summed E-state index contributed by atoms with van der Waals surface area (Å²) in [5.41, 5.74) is 1.73. The normalized spacial score (nSPS) is 14.6. The number of hydrogen-bond acceptors (Lipinski definition) is 6. The SMILES string of the molecule is CN(C(=O)c1cccc2[nH]c(=O)oc12)c1ccc(N2CCOCC2)nc1. The minimum Gasteiger partial charge on any atom is -0.407 e. The molecule has 8 nitrogen and oxygen atoms in total. The van der Waals surface area contributed by atoms with Crippen molar-refractivity contribution in [2.24, 2.45) is 0 Å². The Morgan fingerprint density at radius 3 is 2.77 bits per heavy atom. The van der Waals surface area contributed by atoms with E-state index in [0.29, 0.717) is 30.0 Å². The summed E-state index contributed by atoms with van der Waals surface area (Å²) in [5.74, 6) is -0.00432. The number of fused-ring (bicyclic) bond motifs is 1. The van der Waals surface area contributed by atoms with Gasteiger partial charge in [-0.1, -0.05) is 6.07 Å². The molecule has 1 N–H and O–H groups in total. The third-order valence-corrected chi connectivity index (χ3v) is 4.44. The first-order valence-electron chi connectivity index (χ1n) is 8.32. The number of aromatic nitrogens is 2. The monoisotopic (exact) mass is 354 g/mol. The van der Waals surface area contributed by atoms with E-state index >= 15 is 0 Å². The van der Waals surface area contributed by atoms with Crippen LogP contribution in [0.15, 0.2) is 45.7 Å². The first kappa shape index (κ1) is 16.3. The van der Waals surface area contributed by atoms with Gasteiger partial charge in [0.1, 0.15) is 5.82 Å². The Labute approximate surface area is 149 Å². The number of rotatable bonds is 3. The first-order valence-corrected chi connectivity index (χ1v) is 8.32. The Hall–Kier alpha value is -3.13. The summed E-state index contributed by atoms with van der Waals surface area (Å²) in [7, 11) is 1.66. The lowest BCUT2D eigenvalue weighted by Gasteiger charge is -2.28. The lowest BCUT2D eigenvalue weighted by Crippen LogP contribution is -2.36. The summed E-state index contributed by atoms with van der Waals surface area (Å²) in [6.45, 7) is 2.98. The van der Waals surface area contributed by atoms with E-state index in [1.807, 2.05) is 12.1 Å². The number of nitrogens with zero attached hydrogens (tertiary/aromatic N) is 3. The van der Waals surface area contributed by atoms with E-state index in [-0.39, 0.29) is 11.5 Å². The van der Waals surface area contributed by atoms with Crippen molar-refractivity contribution in [1.82, 2.24) is 9.97 Å². The van der Waals surface area contributed by atoms with Gasteiger partial charge in [-0.3, -0.25) is 9.78 Å². The van der Waals surface area contributed by atoms with Crippen molar-refractivity contribution in [2.45, 2.75) is 0 Å². The number of oxazole rings is 1. The molecule has 8 heteroatoms. The smallest absolute Gasteiger partial charge is 0.407 e. The quantitative estimate of drug-likeness (QED) is 0.769. The molecule has 4 rings (SSSR count). The van der Waals surface area contributed by atoms with Gasteiger partial charge in [0.15, 0.2) is 5.58 Å². The predicted octanol–water partition coefficient (Wildman–Crippen LogP) is 1.63. The van der Waals surface area contributed by atoms with E-state index in [1.165, 1.54) is 4.90 Å². The van der Waals surface area contributed by atoms with Gasteiger partial charge in [-0.2, -0.15) is 0 Å². The molecule has 1 amide bonds. The molecule has 1 aliphatic heterocycles. The summed E-state index contributed by atoms with van der Waals surface area (Å²) >= 11 is 0. The van der Waals surface area contributed by atoms with Crippen LogP contribution in [0.25, 0.3) is 11.1 Å². The van der Waals surface area contributed by atoms with Crippen LogP contribution in [0, 0.1) is 0 Å². The van der Waals surface area contributed by atoms with Gasteiger partial charge in [0.25, 0.3) is 5.91 Å². The van der Waals surface area contributed by atoms with Crippen LogP contribution in [-0.2, 0) is 4.74 Å². The minimum absolute atomic E-state index is 0.257. The molecular formula is C18H18N4O4. The first-order chi connectivity index (χ1) is 12.6. The molecule has 3 heterocycles. The molecule has 0 radical (unpaired) electrons. The van der Waals surface area contributed by atoms with Gasteiger partial charge in [0.05, 0.1) is 36.2 Å². The lowest BCUT2D eigenvalue weighted by atomic mass is 10.1. The van der Waals surface area contributed by atoms with Crippen LogP contribution in [0.1, 0.15) is 10.4 Å². The van der Waals surface area contributed by atoms with E-state index in [1.54, 1.807) is 31.4 Å². The van der Waals surface area contributed by atoms with E-state index in [9.17, 15) is 9.59 Å². The second kappa shape index (κ2) is 6.64. The zero-order valence-corrected chi connectivity index (χ0v) is 14.3. The molecule has 3 aromatic rings. The average Bonchev–Trinajstić information content (AvgIpc) is 3.08. The number of benzene rings is 1. The Morgan fingerprint density at radius 2 is 2.04 bits per heavy atom. The van der Waals surface area contributed by atoms with Crippen LogP contribution >= 0.6 is 0 Å². The van der Waals surface area contributed by atoms with Gasteiger partial charge in [0, 0.05) is 20.1 Å². The molecule has 0 bridgehead atoms. The number of aromatic amines is 1. The fraction of sp³-hybridized carbons (Fsp3) is 0.278. The van der Waals surface area contributed by atoms with Gasteiger partial charge >= 0.3 is 5.76 Å². The molecule has 1 aromatic carbocycles. The average molecular weight is 354 g/mol. The molecule has 2 aromatic heterocycles. The summed E-state index contributed by atoms with van der Waals surface area (Å²) in [6.07, 6.45) is 1.66. The van der Waals surface area contributed by atoms with E-state index in [2.05, 4.69) is 14.9 Å². The van der Waals surface area contributed by atoms with Crippen molar-refractivity contribution in [3.63, 3.8) is 0 Å². The molecule has 0 spiro atoms. The zero-order chi connectivity index (χ0) is 18.1. The summed E-state index contributed by atoms with van der Waals surface area (Å²) in [5, 5.41) is 0. The molecule has 1 saturated heterocycles. The van der Waals surface area contributed by atoms with Crippen LogP contribution in [0.3, 0.4) is 0 Å². The van der Waals surface area contributed by atoms with Crippen molar-refractivity contribution in [3.05, 3.63) is 52.6 Å². The van der Waals surface area contributed by atoms with Gasteiger partial charge < -0.3 is 19.0 Å². The Bertz CT molecular complexity index is 986. The number of pyridine rings is 1. The van der Waals surface area contributed by atoms with Crippen LogP contribution in [-0.4, -0.2) is 49.2 Å². The van der Waals surface area contributed by atoms with Gasteiger partial charge in [0.2, 0.25) is 0 Å². The Morgan fingerprint density at radius 1 is 1.23 bits per heavy atom. The van der Waals surface area contributed by atoms with E-state index in [4.69, 9.17) is 9.15 Å². The summed E-state index contributed by atoms with van der Waals surface area (Å²) < 4.78 is 10.5. The molecule has 0 atom stereocenters. The highest BCUT2D eigenvalue weighted by Crippen LogP contribution is 2.22. The molecule has 26 heavy (non-hydrogen) atoms. The fourth-order valence-corrected chi connectivity index (χ4v) is 3.00. The number of nitrogens with one attached hydrogen (secondary N) is 1. The minimum atomic E-state index is -0.584. The highest BCUT2D eigenvalue weighted by molar-refractivity contribution is 6.11.